The van der Waals surface area contributed by atoms with E-state index in [9.17, 15) is 4.79 Å². The molecule has 0 radical (unpaired) electrons. The molecular formula is C18H30N4O2. The molecular weight excluding hydrogens is 304 g/mol. The first-order valence-corrected chi connectivity index (χ1v) is 9.19. The summed E-state index contributed by atoms with van der Waals surface area (Å²) in [5, 5.41) is 4.58. The molecule has 0 unspecified atom stereocenters. The molecule has 1 amide bonds. The van der Waals surface area contributed by atoms with Gasteiger partial charge in [-0.05, 0) is 46.1 Å². The van der Waals surface area contributed by atoms with Crippen LogP contribution in [0.1, 0.15) is 37.6 Å². The highest BCUT2D eigenvalue weighted by Crippen LogP contribution is 2.21. The Balaban J connectivity index is 1.69. The van der Waals surface area contributed by atoms with Crippen molar-refractivity contribution in [2.75, 3.05) is 32.8 Å². The number of aryl methyl sites for hydroxylation is 2. The van der Waals surface area contributed by atoms with Gasteiger partial charge in [-0.1, -0.05) is 0 Å². The summed E-state index contributed by atoms with van der Waals surface area (Å²) in [4.78, 5) is 17.5. The highest BCUT2D eigenvalue weighted by molar-refractivity contribution is 5.82. The van der Waals surface area contributed by atoms with Crippen LogP contribution in [0, 0.1) is 13.8 Å². The third-order valence-corrected chi connectivity index (χ3v) is 5.35. The Kier molecular flexibility index (Phi) is 5.56. The van der Waals surface area contributed by atoms with E-state index in [1.165, 1.54) is 12.1 Å². The molecule has 0 aliphatic carbocycles. The van der Waals surface area contributed by atoms with Crippen LogP contribution in [0.5, 0.6) is 0 Å². The summed E-state index contributed by atoms with van der Waals surface area (Å²) < 4.78 is 7.47. The van der Waals surface area contributed by atoms with E-state index in [4.69, 9.17) is 4.74 Å². The molecule has 2 aliphatic heterocycles. The maximum Gasteiger partial charge on any atom is 0.239 e. The Morgan fingerprint density at radius 1 is 1.29 bits per heavy atom. The summed E-state index contributed by atoms with van der Waals surface area (Å²) >= 11 is 0. The summed E-state index contributed by atoms with van der Waals surface area (Å²) in [6.45, 7) is 11.0. The smallest absolute Gasteiger partial charge is 0.239 e. The van der Waals surface area contributed by atoms with E-state index >= 15 is 0 Å². The van der Waals surface area contributed by atoms with Crippen molar-refractivity contribution in [3.8, 4) is 0 Å². The van der Waals surface area contributed by atoms with Crippen LogP contribution in [0.2, 0.25) is 0 Å². The number of piperidine rings is 1. The molecule has 0 spiro atoms. The zero-order valence-corrected chi connectivity index (χ0v) is 15.2. The van der Waals surface area contributed by atoms with E-state index in [0.29, 0.717) is 0 Å². The van der Waals surface area contributed by atoms with Gasteiger partial charge in [-0.25, -0.2) is 0 Å². The Bertz CT molecular complexity index is 565. The highest BCUT2D eigenvalue weighted by Gasteiger charge is 2.33. The van der Waals surface area contributed by atoms with Crippen molar-refractivity contribution in [1.82, 2.24) is 19.6 Å². The number of rotatable bonds is 4. The lowest BCUT2D eigenvalue weighted by atomic mass is 10.0. The number of carbonyl (C=O) groups excluding carboxylic acids is 1. The third kappa shape index (κ3) is 3.81. The van der Waals surface area contributed by atoms with Crippen molar-refractivity contribution in [3.05, 3.63) is 17.5 Å². The van der Waals surface area contributed by atoms with Crippen molar-refractivity contribution in [2.45, 2.75) is 58.7 Å². The Morgan fingerprint density at radius 2 is 2.04 bits per heavy atom. The van der Waals surface area contributed by atoms with Gasteiger partial charge in [-0.15, -0.1) is 0 Å². The number of hydrogen-bond donors (Lipinski definition) is 0. The number of nitrogens with zero attached hydrogens (tertiary/aromatic N) is 4. The second-order valence-corrected chi connectivity index (χ2v) is 7.11. The molecule has 0 bridgehead atoms. The molecule has 3 heterocycles. The van der Waals surface area contributed by atoms with Crippen LogP contribution in [0.4, 0.5) is 0 Å². The predicted octanol–water partition coefficient (Wildman–Crippen LogP) is 1.60. The zero-order chi connectivity index (χ0) is 17.1. The number of carbonyl (C=O) groups is 1. The van der Waals surface area contributed by atoms with Gasteiger partial charge in [0.15, 0.2) is 0 Å². The fraction of sp³-hybridized carbons (Fsp3) is 0.778. The topological polar surface area (TPSA) is 50.6 Å². The standard InChI is InChI=1S/C18H30N4O2/c1-14-12-15(2)22(19-14)13-17-6-4-5-7-21(17)18(23)16(3)20-8-10-24-11-9-20/h12,16-17H,4-11,13H2,1-3H3/t16-,17-/m1/s1. The summed E-state index contributed by atoms with van der Waals surface area (Å²) in [6.07, 6.45) is 3.37. The maximum atomic E-state index is 13.1. The van der Waals surface area contributed by atoms with Crippen LogP contribution in [-0.4, -0.2) is 70.4 Å². The first-order valence-electron chi connectivity index (χ1n) is 9.19. The van der Waals surface area contributed by atoms with Crippen molar-refractivity contribution in [2.24, 2.45) is 0 Å². The van der Waals surface area contributed by atoms with Crippen LogP contribution in [0.3, 0.4) is 0 Å². The minimum atomic E-state index is -0.0602. The number of likely N-dealkylation sites (tertiary alicyclic amines) is 1. The second-order valence-electron chi connectivity index (χ2n) is 7.11. The van der Waals surface area contributed by atoms with E-state index in [0.717, 1.165) is 57.9 Å². The van der Waals surface area contributed by atoms with Crippen LogP contribution in [0.25, 0.3) is 0 Å². The fourth-order valence-corrected chi connectivity index (χ4v) is 3.90. The molecule has 2 saturated heterocycles. The Morgan fingerprint density at radius 3 is 2.71 bits per heavy atom. The molecule has 134 valence electrons. The van der Waals surface area contributed by atoms with E-state index in [2.05, 4.69) is 32.6 Å². The zero-order valence-electron chi connectivity index (χ0n) is 15.2. The Hall–Kier alpha value is -1.40. The van der Waals surface area contributed by atoms with Crippen LogP contribution < -0.4 is 0 Å². The van der Waals surface area contributed by atoms with E-state index in [1.54, 1.807) is 0 Å². The number of hydrogen-bond acceptors (Lipinski definition) is 4. The molecule has 2 atom stereocenters. The summed E-state index contributed by atoms with van der Waals surface area (Å²) in [5.74, 6) is 0.267. The van der Waals surface area contributed by atoms with Gasteiger partial charge in [-0.2, -0.15) is 5.10 Å². The van der Waals surface area contributed by atoms with Crippen LogP contribution in [-0.2, 0) is 16.1 Å². The largest absolute Gasteiger partial charge is 0.379 e. The van der Waals surface area contributed by atoms with Crippen molar-refractivity contribution in [1.29, 1.82) is 0 Å². The average molecular weight is 334 g/mol. The molecule has 0 N–H and O–H groups in total. The number of ether oxygens (including phenoxy) is 1. The van der Waals surface area contributed by atoms with Gasteiger partial charge in [0, 0.05) is 25.3 Å². The SMILES string of the molecule is Cc1cc(C)n(C[C@H]2CCCCN2C(=O)[C@@H](C)N2CCOCC2)n1. The third-order valence-electron chi connectivity index (χ3n) is 5.35. The van der Waals surface area contributed by atoms with Gasteiger partial charge in [-0.3, -0.25) is 14.4 Å². The molecule has 24 heavy (non-hydrogen) atoms. The van der Waals surface area contributed by atoms with Gasteiger partial charge >= 0.3 is 0 Å². The van der Waals surface area contributed by atoms with E-state index in [1.807, 2.05) is 13.8 Å². The normalized spacial score (nSPS) is 24.1. The van der Waals surface area contributed by atoms with Gasteiger partial charge in [0.2, 0.25) is 5.91 Å². The number of amides is 1. The molecule has 2 fully saturated rings. The summed E-state index contributed by atoms with van der Waals surface area (Å²) in [7, 11) is 0. The first kappa shape index (κ1) is 17.4. The lowest BCUT2D eigenvalue weighted by Crippen LogP contribution is -2.55. The first-order chi connectivity index (χ1) is 11.6. The van der Waals surface area contributed by atoms with E-state index in [-0.39, 0.29) is 18.0 Å². The van der Waals surface area contributed by atoms with Crippen LogP contribution >= 0.6 is 0 Å². The molecule has 6 nitrogen and oxygen atoms in total. The predicted molar refractivity (Wildman–Crippen MR) is 92.9 cm³/mol. The summed E-state index contributed by atoms with van der Waals surface area (Å²) in [6, 6.07) is 2.30. The number of morpholine rings is 1. The van der Waals surface area contributed by atoms with Crippen LogP contribution in [0.15, 0.2) is 6.07 Å². The van der Waals surface area contributed by atoms with Crippen molar-refractivity contribution < 1.29 is 9.53 Å². The monoisotopic (exact) mass is 334 g/mol. The highest BCUT2D eigenvalue weighted by atomic mass is 16.5. The molecule has 2 aliphatic rings. The maximum absolute atomic E-state index is 13.1. The second kappa shape index (κ2) is 7.66. The van der Waals surface area contributed by atoms with Crippen molar-refractivity contribution >= 4 is 5.91 Å². The van der Waals surface area contributed by atoms with Gasteiger partial charge in [0.05, 0.1) is 37.5 Å². The Labute approximate surface area is 144 Å². The van der Waals surface area contributed by atoms with Crippen molar-refractivity contribution in [3.63, 3.8) is 0 Å². The molecule has 6 heteroatoms. The van der Waals surface area contributed by atoms with Gasteiger partial charge in [0.1, 0.15) is 0 Å². The quantitative estimate of drug-likeness (QED) is 0.839. The fourth-order valence-electron chi connectivity index (χ4n) is 3.90. The van der Waals surface area contributed by atoms with Gasteiger partial charge < -0.3 is 9.64 Å². The van der Waals surface area contributed by atoms with E-state index < -0.39 is 0 Å². The minimum Gasteiger partial charge on any atom is -0.379 e. The van der Waals surface area contributed by atoms with Gasteiger partial charge in [0.25, 0.3) is 0 Å². The average Bonchev–Trinajstić information content (AvgIpc) is 2.92. The minimum absolute atomic E-state index is 0.0602. The number of aromatic nitrogens is 2. The molecule has 3 rings (SSSR count). The molecule has 1 aromatic rings. The lowest BCUT2D eigenvalue weighted by molar-refractivity contribution is -0.142. The molecule has 0 saturated carbocycles. The summed E-state index contributed by atoms with van der Waals surface area (Å²) in [5.41, 5.74) is 2.22. The molecule has 1 aromatic heterocycles. The molecule has 0 aromatic carbocycles. The lowest BCUT2D eigenvalue weighted by Gasteiger charge is -2.40.